The van der Waals surface area contributed by atoms with Crippen LogP contribution in [0.25, 0.3) is 0 Å². The molecule has 0 radical (unpaired) electrons. The molecule has 5 heteroatoms. The SMILES string of the molecule is COc1ccc(Br)c(CNCc2ccc(OC)nc2)c1. The molecule has 0 unspecified atom stereocenters. The van der Waals surface area contributed by atoms with Gasteiger partial charge in [-0.25, -0.2) is 4.98 Å². The lowest BCUT2D eigenvalue weighted by atomic mass is 10.2. The minimum Gasteiger partial charge on any atom is -0.497 e. The van der Waals surface area contributed by atoms with Gasteiger partial charge in [0.2, 0.25) is 5.88 Å². The van der Waals surface area contributed by atoms with Gasteiger partial charge < -0.3 is 14.8 Å². The molecule has 0 atom stereocenters. The average Bonchev–Trinajstić information content (AvgIpc) is 2.50. The number of nitrogens with one attached hydrogen (secondary N) is 1. The highest BCUT2D eigenvalue weighted by atomic mass is 79.9. The number of methoxy groups -OCH3 is 2. The first-order valence-electron chi connectivity index (χ1n) is 6.25. The topological polar surface area (TPSA) is 43.4 Å². The smallest absolute Gasteiger partial charge is 0.212 e. The molecule has 2 rings (SSSR count). The number of hydrogen-bond donors (Lipinski definition) is 1. The lowest BCUT2D eigenvalue weighted by molar-refractivity contribution is 0.397. The van der Waals surface area contributed by atoms with E-state index in [2.05, 4.69) is 26.2 Å². The van der Waals surface area contributed by atoms with E-state index in [9.17, 15) is 0 Å². The van der Waals surface area contributed by atoms with E-state index in [1.165, 1.54) is 0 Å². The predicted molar refractivity (Wildman–Crippen MR) is 82.0 cm³/mol. The molecule has 20 heavy (non-hydrogen) atoms. The first kappa shape index (κ1) is 14.8. The second-order valence-electron chi connectivity index (χ2n) is 4.27. The van der Waals surface area contributed by atoms with E-state index in [0.29, 0.717) is 5.88 Å². The van der Waals surface area contributed by atoms with Gasteiger partial charge in [-0.3, -0.25) is 0 Å². The maximum Gasteiger partial charge on any atom is 0.212 e. The van der Waals surface area contributed by atoms with E-state index in [0.717, 1.165) is 34.4 Å². The fraction of sp³-hybridized carbons (Fsp3) is 0.267. The number of hydrogen-bond acceptors (Lipinski definition) is 4. The summed E-state index contributed by atoms with van der Waals surface area (Å²) in [6, 6.07) is 9.80. The predicted octanol–water partition coefficient (Wildman–Crippen LogP) is 3.15. The number of aromatic nitrogens is 1. The summed E-state index contributed by atoms with van der Waals surface area (Å²) in [6.07, 6.45) is 1.81. The highest BCUT2D eigenvalue weighted by molar-refractivity contribution is 9.10. The molecular formula is C15H17BrN2O2. The Morgan fingerprint density at radius 2 is 1.95 bits per heavy atom. The van der Waals surface area contributed by atoms with Crippen LogP contribution in [0.2, 0.25) is 0 Å². The van der Waals surface area contributed by atoms with E-state index in [-0.39, 0.29) is 0 Å². The number of benzene rings is 1. The zero-order valence-corrected chi connectivity index (χ0v) is 13.1. The molecule has 0 aliphatic heterocycles. The van der Waals surface area contributed by atoms with E-state index < -0.39 is 0 Å². The first-order valence-corrected chi connectivity index (χ1v) is 7.04. The Bertz CT molecular complexity index is 558. The van der Waals surface area contributed by atoms with Crippen molar-refractivity contribution in [2.75, 3.05) is 14.2 Å². The van der Waals surface area contributed by atoms with Gasteiger partial charge in [0.25, 0.3) is 0 Å². The third kappa shape index (κ3) is 3.95. The Morgan fingerprint density at radius 3 is 2.60 bits per heavy atom. The summed E-state index contributed by atoms with van der Waals surface area (Å²) in [6.45, 7) is 1.50. The van der Waals surface area contributed by atoms with Crippen LogP contribution in [0.4, 0.5) is 0 Å². The van der Waals surface area contributed by atoms with Crippen molar-refractivity contribution in [2.45, 2.75) is 13.1 Å². The van der Waals surface area contributed by atoms with Crippen LogP contribution in [0.15, 0.2) is 41.0 Å². The Balaban J connectivity index is 1.91. The molecule has 0 fully saturated rings. The molecule has 0 bridgehead atoms. The fourth-order valence-electron chi connectivity index (χ4n) is 1.79. The Morgan fingerprint density at radius 1 is 1.10 bits per heavy atom. The molecule has 4 nitrogen and oxygen atoms in total. The molecule has 0 aliphatic carbocycles. The average molecular weight is 337 g/mol. The van der Waals surface area contributed by atoms with E-state index >= 15 is 0 Å². The quantitative estimate of drug-likeness (QED) is 0.879. The van der Waals surface area contributed by atoms with Crippen molar-refractivity contribution in [1.29, 1.82) is 0 Å². The van der Waals surface area contributed by atoms with Crippen molar-refractivity contribution in [2.24, 2.45) is 0 Å². The molecule has 0 amide bonds. The van der Waals surface area contributed by atoms with Gasteiger partial charge >= 0.3 is 0 Å². The van der Waals surface area contributed by atoms with Gasteiger partial charge in [0.1, 0.15) is 5.75 Å². The monoisotopic (exact) mass is 336 g/mol. The van der Waals surface area contributed by atoms with Crippen LogP contribution in [-0.2, 0) is 13.1 Å². The van der Waals surface area contributed by atoms with E-state index in [4.69, 9.17) is 9.47 Å². The van der Waals surface area contributed by atoms with Crippen molar-refractivity contribution in [3.63, 3.8) is 0 Å². The van der Waals surface area contributed by atoms with Crippen molar-refractivity contribution in [3.8, 4) is 11.6 Å². The van der Waals surface area contributed by atoms with Crippen molar-refractivity contribution in [1.82, 2.24) is 10.3 Å². The second kappa shape index (κ2) is 7.26. The largest absolute Gasteiger partial charge is 0.497 e. The highest BCUT2D eigenvalue weighted by Crippen LogP contribution is 2.22. The summed E-state index contributed by atoms with van der Waals surface area (Å²) in [7, 11) is 3.28. The third-order valence-electron chi connectivity index (χ3n) is 2.90. The van der Waals surface area contributed by atoms with Gasteiger partial charge in [-0.2, -0.15) is 0 Å². The fourth-order valence-corrected chi connectivity index (χ4v) is 2.18. The molecule has 0 spiro atoms. The van der Waals surface area contributed by atoms with Gasteiger partial charge in [-0.1, -0.05) is 22.0 Å². The molecule has 1 aromatic heterocycles. The maximum atomic E-state index is 5.23. The van der Waals surface area contributed by atoms with Crippen LogP contribution in [0.5, 0.6) is 11.6 Å². The summed E-state index contributed by atoms with van der Waals surface area (Å²) in [5.74, 6) is 1.49. The Kier molecular flexibility index (Phi) is 5.38. The summed E-state index contributed by atoms with van der Waals surface area (Å²) in [5, 5.41) is 3.38. The standard InChI is InChI=1S/C15H17BrN2O2/c1-19-13-4-5-14(16)12(7-13)10-17-8-11-3-6-15(20-2)18-9-11/h3-7,9,17H,8,10H2,1-2H3. The van der Waals surface area contributed by atoms with Crippen molar-refractivity contribution >= 4 is 15.9 Å². The van der Waals surface area contributed by atoms with Gasteiger partial charge in [0.15, 0.2) is 0 Å². The molecule has 106 valence electrons. The molecule has 0 saturated heterocycles. The van der Waals surface area contributed by atoms with Gasteiger partial charge in [-0.15, -0.1) is 0 Å². The number of pyridine rings is 1. The number of ether oxygens (including phenoxy) is 2. The van der Waals surface area contributed by atoms with Crippen LogP contribution >= 0.6 is 15.9 Å². The molecule has 0 aliphatic rings. The normalized spacial score (nSPS) is 10.3. The molecular weight excluding hydrogens is 320 g/mol. The van der Waals surface area contributed by atoms with Crippen molar-refractivity contribution < 1.29 is 9.47 Å². The lowest BCUT2D eigenvalue weighted by Crippen LogP contribution is -2.13. The second-order valence-corrected chi connectivity index (χ2v) is 5.12. The molecule has 0 saturated carbocycles. The number of rotatable bonds is 6. The van der Waals surface area contributed by atoms with E-state index in [1.54, 1.807) is 14.2 Å². The third-order valence-corrected chi connectivity index (χ3v) is 3.68. The minimum absolute atomic E-state index is 0.629. The van der Waals surface area contributed by atoms with Gasteiger partial charge in [0, 0.05) is 29.8 Å². The number of nitrogens with zero attached hydrogens (tertiary/aromatic N) is 1. The summed E-state index contributed by atoms with van der Waals surface area (Å²) in [4.78, 5) is 4.18. The molecule has 1 N–H and O–H groups in total. The minimum atomic E-state index is 0.629. The van der Waals surface area contributed by atoms with Gasteiger partial charge in [-0.05, 0) is 29.3 Å². The van der Waals surface area contributed by atoms with Gasteiger partial charge in [0.05, 0.1) is 14.2 Å². The van der Waals surface area contributed by atoms with Crippen LogP contribution in [0.1, 0.15) is 11.1 Å². The van der Waals surface area contributed by atoms with Crippen LogP contribution < -0.4 is 14.8 Å². The maximum absolute atomic E-state index is 5.23. The molecule has 2 aromatic rings. The zero-order chi connectivity index (χ0) is 14.4. The zero-order valence-electron chi connectivity index (χ0n) is 11.5. The van der Waals surface area contributed by atoms with Crippen LogP contribution in [0.3, 0.4) is 0 Å². The Labute approximate surface area is 127 Å². The lowest BCUT2D eigenvalue weighted by Gasteiger charge is -2.09. The van der Waals surface area contributed by atoms with Crippen LogP contribution in [-0.4, -0.2) is 19.2 Å². The summed E-state index contributed by atoms with van der Waals surface area (Å²) in [5.41, 5.74) is 2.27. The Hall–Kier alpha value is -1.59. The summed E-state index contributed by atoms with van der Waals surface area (Å²) >= 11 is 3.54. The summed E-state index contributed by atoms with van der Waals surface area (Å²) < 4.78 is 11.3. The van der Waals surface area contributed by atoms with E-state index in [1.807, 2.05) is 36.5 Å². The first-order chi connectivity index (χ1) is 9.72. The van der Waals surface area contributed by atoms with Crippen molar-refractivity contribution in [3.05, 3.63) is 52.1 Å². The molecule has 1 heterocycles. The highest BCUT2D eigenvalue weighted by Gasteiger charge is 2.02. The number of halogens is 1. The molecule has 1 aromatic carbocycles. The van der Waals surface area contributed by atoms with Crippen LogP contribution in [0, 0.1) is 0 Å².